The average molecular weight is 491 g/mol. The number of rotatable bonds is 3. The Labute approximate surface area is 203 Å². The van der Waals surface area contributed by atoms with Gasteiger partial charge in [0, 0.05) is 36.3 Å². The van der Waals surface area contributed by atoms with Gasteiger partial charge in [-0.1, -0.05) is 30.7 Å². The summed E-state index contributed by atoms with van der Waals surface area (Å²) in [5, 5.41) is 11.8. The lowest BCUT2D eigenvalue weighted by atomic mass is 10.1. The third kappa shape index (κ3) is 3.91. The Balaban J connectivity index is 1.24. The van der Waals surface area contributed by atoms with Gasteiger partial charge in [-0.3, -0.25) is 4.79 Å². The largest absolute Gasteiger partial charge is 0.343 e. The molecule has 35 heavy (non-hydrogen) atoms. The van der Waals surface area contributed by atoms with Crippen LogP contribution in [0, 0.1) is 0 Å². The Morgan fingerprint density at radius 3 is 2.77 bits per heavy atom. The van der Waals surface area contributed by atoms with Crippen molar-refractivity contribution in [2.24, 2.45) is 4.40 Å². The normalized spacial score (nSPS) is 20.6. The number of nitrogens with zero attached hydrogens (tertiary/aromatic N) is 5. The molecule has 1 saturated heterocycles. The van der Waals surface area contributed by atoms with Crippen LogP contribution >= 0.6 is 0 Å². The molecule has 0 unspecified atom stereocenters. The molecule has 4 heterocycles. The van der Waals surface area contributed by atoms with Crippen LogP contribution in [0.5, 0.6) is 0 Å². The van der Waals surface area contributed by atoms with Crippen LogP contribution in [-0.2, 0) is 27.8 Å². The molecular weight excluding hydrogens is 464 g/mol. The van der Waals surface area contributed by atoms with E-state index in [0.717, 1.165) is 49.4 Å². The van der Waals surface area contributed by atoms with Crippen molar-refractivity contribution < 1.29 is 13.2 Å². The van der Waals surface area contributed by atoms with Gasteiger partial charge < -0.3 is 14.8 Å². The molecule has 1 aromatic heterocycles. The fraction of sp³-hybridized carbons (Fsp3) is 0.360. The third-order valence-electron chi connectivity index (χ3n) is 6.94. The number of carbonyl (C=O) groups excluding carboxylic acids is 1. The second kappa shape index (κ2) is 8.60. The SMILES string of the molecule is O=C(Nc1cccc(-c2nnc3n2CCCCC3)c1)[C@@H]1CCCN1C1=NS(=O)(=O)c2ccccc21. The quantitative estimate of drug-likeness (QED) is 0.604. The predicted octanol–water partition coefficient (Wildman–Crippen LogP) is 3.22. The number of amides is 1. The van der Waals surface area contributed by atoms with Gasteiger partial charge in [-0.2, -0.15) is 8.42 Å². The molecule has 0 radical (unpaired) electrons. The van der Waals surface area contributed by atoms with E-state index in [4.69, 9.17) is 0 Å². The smallest absolute Gasteiger partial charge is 0.285 e. The minimum absolute atomic E-state index is 0.177. The second-order valence-corrected chi connectivity index (χ2v) is 10.8. The van der Waals surface area contributed by atoms with Crippen LogP contribution in [0.1, 0.15) is 43.5 Å². The van der Waals surface area contributed by atoms with E-state index in [1.807, 2.05) is 29.2 Å². The van der Waals surface area contributed by atoms with Crippen molar-refractivity contribution in [1.29, 1.82) is 0 Å². The Bertz CT molecular complexity index is 1440. The molecule has 10 heteroatoms. The molecule has 1 N–H and O–H groups in total. The monoisotopic (exact) mass is 490 g/mol. The number of hydrogen-bond donors (Lipinski definition) is 1. The van der Waals surface area contributed by atoms with Gasteiger partial charge in [-0.05, 0) is 49.9 Å². The van der Waals surface area contributed by atoms with Gasteiger partial charge in [-0.25, -0.2) is 0 Å². The molecule has 0 saturated carbocycles. The minimum atomic E-state index is -3.74. The van der Waals surface area contributed by atoms with E-state index in [1.54, 1.807) is 24.3 Å². The number of hydrogen-bond acceptors (Lipinski definition) is 6. The number of benzene rings is 2. The maximum Gasteiger partial charge on any atom is 0.285 e. The first-order valence-electron chi connectivity index (χ1n) is 12.1. The molecular formula is C25H26N6O3S. The number of nitrogens with one attached hydrogen (secondary N) is 1. The van der Waals surface area contributed by atoms with Crippen molar-refractivity contribution in [3.8, 4) is 11.4 Å². The van der Waals surface area contributed by atoms with E-state index < -0.39 is 16.1 Å². The van der Waals surface area contributed by atoms with Crippen molar-refractivity contribution in [2.45, 2.75) is 56.0 Å². The average Bonchev–Trinajstić information content (AvgIpc) is 3.52. The number of anilines is 1. The standard InChI is InChI=1S/C25H26N6O3S/c32-25(20-11-7-15-30(20)24-19-10-3-4-12-21(19)35(33,34)29-24)26-18-9-6-8-17(16-18)23-28-27-22-13-2-1-5-14-31(22)23/h3-4,6,8-10,12,16,20H,1-2,5,7,11,13-15H2,(H,26,32)/t20-/m0/s1. The zero-order chi connectivity index (χ0) is 24.0. The van der Waals surface area contributed by atoms with Crippen LogP contribution in [-0.4, -0.2) is 52.4 Å². The van der Waals surface area contributed by atoms with Crippen LogP contribution in [0.2, 0.25) is 0 Å². The summed E-state index contributed by atoms with van der Waals surface area (Å²) in [6, 6.07) is 13.9. The van der Waals surface area contributed by atoms with E-state index in [9.17, 15) is 13.2 Å². The van der Waals surface area contributed by atoms with Gasteiger partial charge in [0.15, 0.2) is 11.7 Å². The number of aromatic nitrogens is 3. The number of aryl methyl sites for hydroxylation is 1. The molecule has 3 aliphatic heterocycles. The number of fused-ring (bicyclic) bond motifs is 2. The summed E-state index contributed by atoms with van der Waals surface area (Å²) in [5.41, 5.74) is 2.14. The lowest BCUT2D eigenvalue weighted by Gasteiger charge is -2.25. The Hall–Kier alpha value is -3.53. The Morgan fingerprint density at radius 2 is 1.86 bits per heavy atom. The highest BCUT2D eigenvalue weighted by Gasteiger charge is 2.39. The summed E-state index contributed by atoms with van der Waals surface area (Å²) in [4.78, 5) is 15.4. The zero-order valence-corrected chi connectivity index (χ0v) is 20.0. The molecule has 1 fully saturated rings. The topological polar surface area (TPSA) is 110 Å². The maximum absolute atomic E-state index is 13.3. The molecule has 3 aromatic rings. The summed E-state index contributed by atoms with van der Waals surface area (Å²) in [6.07, 6.45) is 5.77. The van der Waals surface area contributed by atoms with Crippen LogP contribution in [0.25, 0.3) is 11.4 Å². The Kier molecular flexibility index (Phi) is 5.40. The second-order valence-electron chi connectivity index (χ2n) is 9.21. The lowest BCUT2D eigenvalue weighted by Crippen LogP contribution is -2.43. The van der Waals surface area contributed by atoms with Crippen molar-refractivity contribution >= 4 is 27.5 Å². The first kappa shape index (κ1) is 22.0. The highest BCUT2D eigenvalue weighted by molar-refractivity contribution is 7.90. The lowest BCUT2D eigenvalue weighted by molar-refractivity contribution is -0.119. The molecule has 0 aliphatic carbocycles. The van der Waals surface area contributed by atoms with Crippen molar-refractivity contribution in [2.75, 3.05) is 11.9 Å². The number of sulfonamides is 1. The van der Waals surface area contributed by atoms with E-state index in [1.165, 1.54) is 6.42 Å². The molecule has 1 amide bonds. The summed E-state index contributed by atoms with van der Waals surface area (Å²) in [7, 11) is -3.74. The van der Waals surface area contributed by atoms with Gasteiger partial charge >= 0.3 is 0 Å². The molecule has 2 aromatic carbocycles. The van der Waals surface area contributed by atoms with Crippen molar-refractivity contribution in [3.05, 3.63) is 59.9 Å². The first-order chi connectivity index (χ1) is 17.0. The predicted molar refractivity (Wildman–Crippen MR) is 132 cm³/mol. The van der Waals surface area contributed by atoms with Crippen molar-refractivity contribution in [3.63, 3.8) is 0 Å². The highest BCUT2D eigenvalue weighted by Crippen LogP contribution is 2.32. The van der Waals surface area contributed by atoms with Crippen LogP contribution in [0.4, 0.5) is 5.69 Å². The van der Waals surface area contributed by atoms with Gasteiger partial charge in [0.25, 0.3) is 10.0 Å². The van der Waals surface area contributed by atoms with E-state index >= 15 is 0 Å². The maximum atomic E-state index is 13.3. The van der Waals surface area contributed by atoms with Crippen LogP contribution in [0.3, 0.4) is 0 Å². The zero-order valence-electron chi connectivity index (χ0n) is 19.2. The molecule has 180 valence electrons. The fourth-order valence-electron chi connectivity index (χ4n) is 5.25. The van der Waals surface area contributed by atoms with Gasteiger partial charge in [0.05, 0.1) is 0 Å². The van der Waals surface area contributed by atoms with Crippen LogP contribution < -0.4 is 5.32 Å². The molecule has 0 bridgehead atoms. The number of amidine groups is 1. The molecule has 6 rings (SSSR count). The number of carbonyl (C=O) groups is 1. The fourth-order valence-corrected chi connectivity index (χ4v) is 6.47. The highest BCUT2D eigenvalue weighted by atomic mass is 32.2. The number of likely N-dealkylation sites (tertiary alicyclic amines) is 1. The summed E-state index contributed by atoms with van der Waals surface area (Å²) in [5.74, 6) is 2.02. The van der Waals surface area contributed by atoms with Crippen LogP contribution in [0.15, 0.2) is 57.8 Å². The molecule has 9 nitrogen and oxygen atoms in total. The van der Waals surface area contributed by atoms with E-state index in [2.05, 4.69) is 24.5 Å². The summed E-state index contributed by atoms with van der Waals surface area (Å²) < 4.78 is 31.3. The van der Waals surface area contributed by atoms with E-state index in [-0.39, 0.29) is 10.8 Å². The molecule has 1 atom stereocenters. The van der Waals surface area contributed by atoms with Gasteiger partial charge in [-0.15, -0.1) is 14.6 Å². The first-order valence-corrected chi connectivity index (χ1v) is 13.5. The Morgan fingerprint density at radius 1 is 0.971 bits per heavy atom. The van der Waals surface area contributed by atoms with Gasteiger partial charge in [0.2, 0.25) is 5.91 Å². The molecule has 0 spiro atoms. The van der Waals surface area contributed by atoms with E-state index in [0.29, 0.717) is 30.1 Å². The minimum Gasteiger partial charge on any atom is -0.343 e. The molecule has 3 aliphatic rings. The summed E-state index contributed by atoms with van der Waals surface area (Å²) in [6.45, 7) is 1.48. The van der Waals surface area contributed by atoms with Gasteiger partial charge in [0.1, 0.15) is 16.8 Å². The summed E-state index contributed by atoms with van der Waals surface area (Å²) >= 11 is 0. The van der Waals surface area contributed by atoms with Crippen molar-refractivity contribution in [1.82, 2.24) is 19.7 Å². The third-order valence-corrected chi connectivity index (χ3v) is 8.26.